The Morgan fingerprint density at radius 3 is 2.83 bits per heavy atom. The van der Waals surface area contributed by atoms with E-state index in [1.54, 1.807) is 29.2 Å². The largest absolute Gasteiger partial charge is 0.384 e. The topological polar surface area (TPSA) is 70.1 Å². The zero-order chi connectivity index (χ0) is 20.7. The number of thiophene rings is 1. The molecule has 0 saturated carbocycles. The van der Waals surface area contributed by atoms with Crippen LogP contribution in [0.1, 0.15) is 35.6 Å². The average Bonchev–Trinajstić information content (AvgIpc) is 3.07. The van der Waals surface area contributed by atoms with Gasteiger partial charge in [-0.25, -0.2) is 0 Å². The first-order valence-corrected chi connectivity index (χ1v) is 11.7. The quantitative estimate of drug-likeness (QED) is 0.615. The molecule has 2 heterocycles. The van der Waals surface area contributed by atoms with Gasteiger partial charge in [-0.2, -0.15) is 5.26 Å². The number of hydrogen-bond donors (Lipinski definition) is 1. The van der Waals surface area contributed by atoms with E-state index in [-0.39, 0.29) is 5.78 Å². The fourth-order valence-corrected chi connectivity index (χ4v) is 6.28. The number of benzene rings is 1. The molecule has 1 aliphatic carbocycles. The Morgan fingerprint density at radius 1 is 1.34 bits per heavy atom. The molecular weight excluding hydrogens is 422 g/mol. The summed E-state index contributed by atoms with van der Waals surface area (Å²) in [7, 11) is 0. The number of ketones is 1. The Morgan fingerprint density at radius 2 is 2.14 bits per heavy atom. The summed E-state index contributed by atoms with van der Waals surface area (Å²) >= 11 is 9.55. The van der Waals surface area contributed by atoms with E-state index in [2.05, 4.69) is 12.1 Å². The number of hydrogen-bond acceptors (Lipinski definition) is 6. The molecular formula is C22H20ClN3OS2. The molecule has 0 radical (unpaired) electrons. The van der Waals surface area contributed by atoms with Crippen molar-refractivity contribution >= 4 is 46.2 Å². The molecule has 2 N–H and O–H groups in total. The van der Waals surface area contributed by atoms with Crippen LogP contribution in [0.3, 0.4) is 0 Å². The molecule has 4 nitrogen and oxygen atoms in total. The SMILES string of the molecule is CSc1sc(C)cc1C1C(C#N)=C(N)N(c2cccc(Cl)c2)C2=C1C(=O)CCC2. The number of allylic oxidation sites excluding steroid dienone is 3. The number of carbonyl (C=O) groups excluding carboxylic acids is 1. The van der Waals surface area contributed by atoms with Crippen molar-refractivity contribution in [3.05, 3.63) is 68.5 Å². The molecule has 0 bridgehead atoms. The van der Waals surface area contributed by atoms with Crippen LogP contribution in [0.4, 0.5) is 5.69 Å². The second kappa shape index (κ2) is 7.91. The molecule has 148 valence electrons. The summed E-state index contributed by atoms with van der Waals surface area (Å²) in [5, 5.41) is 10.7. The Balaban J connectivity index is 1.99. The first kappa shape index (κ1) is 20.1. The molecule has 1 atom stereocenters. The van der Waals surface area contributed by atoms with Gasteiger partial charge in [0.25, 0.3) is 0 Å². The molecule has 0 amide bonds. The van der Waals surface area contributed by atoms with Crippen LogP contribution in [0.25, 0.3) is 0 Å². The number of rotatable bonds is 3. The Hall–Kier alpha value is -2.20. The lowest BCUT2D eigenvalue weighted by atomic mass is 9.76. The highest BCUT2D eigenvalue weighted by atomic mass is 35.5. The number of carbonyl (C=O) groups is 1. The number of thioether (sulfide) groups is 1. The number of nitrogens with two attached hydrogens (primary N) is 1. The molecule has 29 heavy (non-hydrogen) atoms. The minimum atomic E-state index is -0.411. The first-order valence-electron chi connectivity index (χ1n) is 9.32. The molecule has 1 aromatic heterocycles. The van der Waals surface area contributed by atoms with E-state index < -0.39 is 5.92 Å². The maximum Gasteiger partial charge on any atom is 0.161 e. The van der Waals surface area contributed by atoms with Crippen molar-refractivity contribution in [2.75, 3.05) is 11.2 Å². The Labute approximate surface area is 183 Å². The van der Waals surface area contributed by atoms with Crippen molar-refractivity contribution < 1.29 is 4.79 Å². The zero-order valence-electron chi connectivity index (χ0n) is 16.2. The maximum absolute atomic E-state index is 13.1. The van der Waals surface area contributed by atoms with Gasteiger partial charge in [0.05, 0.1) is 21.8 Å². The summed E-state index contributed by atoms with van der Waals surface area (Å²) in [6, 6.07) is 11.8. The average molecular weight is 442 g/mol. The summed E-state index contributed by atoms with van der Waals surface area (Å²) in [4.78, 5) is 16.2. The lowest BCUT2D eigenvalue weighted by Gasteiger charge is -2.39. The second-order valence-electron chi connectivity index (χ2n) is 7.10. The van der Waals surface area contributed by atoms with Crippen LogP contribution in [0, 0.1) is 18.3 Å². The van der Waals surface area contributed by atoms with Crippen LogP contribution in [-0.4, -0.2) is 12.0 Å². The van der Waals surface area contributed by atoms with Crippen molar-refractivity contribution in [3.8, 4) is 6.07 Å². The fourth-order valence-electron chi connectivity index (χ4n) is 4.18. The number of aryl methyl sites for hydroxylation is 1. The highest BCUT2D eigenvalue weighted by Gasteiger charge is 2.41. The van der Waals surface area contributed by atoms with Crippen LogP contribution >= 0.6 is 34.7 Å². The molecule has 4 rings (SSSR count). The molecule has 1 unspecified atom stereocenters. The normalized spacial score (nSPS) is 19.4. The minimum Gasteiger partial charge on any atom is -0.384 e. The summed E-state index contributed by atoms with van der Waals surface area (Å²) in [6.45, 7) is 2.05. The van der Waals surface area contributed by atoms with Crippen LogP contribution < -0.4 is 10.6 Å². The molecule has 2 aliphatic rings. The predicted octanol–water partition coefficient (Wildman–Crippen LogP) is 5.74. The van der Waals surface area contributed by atoms with E-state index in [9.17, 15) is 10.1 Å². The molecule has 2 aromatic rings. The van der Waals surface area contributed by atoms with Gasteiger partial charge in [-0.05, 0) is 55.9 Å². The van der Waals surface area contributed by atoms with Crippen LogP contribution in [-0.2, 0) is 4.79 Å². The molecule has 0 saturated heterocycles. The number of Topliss-reactive ketones (excluding diaryl/α,β-unsaturated/α-hetero) is 1. The zero-order valence-corrected chi connectivity index (χ0v) is 18.5. The standard InChI is InChI=1S/C22H20ClN3OS2/c1-12-9-15(22(28-2)29-12)19-16(11-24)21(25)26(14-6-3-5-13(23)10-14)17-7-4-8-18(27)20(17)19/h3,5-6,9-10,19H,4,7-8,25H2,1-2H3. The minimum absolute atomic E-state index is 0.0967. The number of anilines is 1. The molecule has 1 aromatic carbocycles. The number of nitriles is 1. The van der Waals surface area contributed by atoms with Gasteiger partial charge in [-0.15, -0.1) is 23.1 Å². The summed E-state index contributed by atoms with van der Waals surface area (Å²) in [5.74, 6) is 0.0641. The van der Waals surface area contributed by atoms with Gasteiger partial charge in [0.15, 0.2) is 5.78 Å². The lowest BCUT2D eigenvalue weighted by molar-refractivity contribution is -0.116. The third-order valence-corrected chi connectivity index (χ3v) is 7.78. The summed E-state index contributed by atoms with van der Waals surface area (Å²) < 4.78 is 1.12. The third kappa shape index (κ3) is 3.38. The Kier molecular flexibility index (Phi) is 5.48. The van der Waals surface area contributed by atoms with Crippen LogP contribution in [0.15, 0.2) is 57.2 Å². The third-order valence-electron chi connectivity index (χ3n) is 5.32. The van der Waals surface area contributed by atoms with Gasteiger partial charge in [0.2, 0.25) is 0 Å². The van der Waals surface area contributed by atoms with E-state index in [0.717, 1.165) is 38.9 Å². The number of halogens is 1. The van der Waals surface area contributed by atoms with Gasteiger partial charge in [-0.1, -0.05) is 17.7 Å². The highest BCUT2D eigenvalue weighted by Crippen LogP contribution is 2.49. The van der Waals surface area contributed by atoms with Crippen molar-refractivity contribution in [3.63, 3.8) is 0 Å². The van der Waals surface area contributed by atoms with Gasteiger partial charge in [0, 0.05) is 33.3 Å². The van der Waals surface area contributed by atoms with E-state index >= 15 is 0 Å². The van der Waals surface area contributed by atoms with Gasteiger partial charge >= 0.3 is 0 Å². The predicted molar refractivity (Wildman–Crippen MR) is 120 cm³/mol. The van der Waals surface area contributed by atoms with Crippen molar-refractivity contribution in [2.45, 2.75) is 36.3 Å². The van der Waals surface area contributed by atoms with Gasteiger partial charge in [0.1, 0.15) is 5.82 Å². The van der Waals surface area contributed by atoms with Gasteiger partial charge < -0.3 is 5.73 Å². The summed E-state index contributed by atoms with van der Waals surface area (Å²) in [6.07, 6.45) is 4.03. The monoisotopic (exact) mass is 441 g/mol. The highest BCUT2D eigenvalue weighted by molar-refractivity contribution is 8.00. The van der Waals surface area contributed by atoms with Crippen molar-refractivity contribution in [1.29, 1.82) is 5.26 Å². The van der Waals surface area contributed by atoms with Gasteiger partial charge in [-0.3, -0.25) is 9.69 Å². The second-order valence-corrected chi connectivity index (χ2v) is 9.87. The molecule has 1 aliphatic heterocycles. The number of nitrogens with zero attached hydrogens (tertiary/aromatic N) is 2. The smallest absolute Gasteiger partial charge is 0.161 e. The molecule has 7 heteroatoms. The first-order chi connectivity index (χ1) is 14.0. The van der Waals surface area contributed by atoms with Crippen LogP contribution in [0.5, 0.6) is 0 Å². The maximum atomic E-state index is 13.1. The van der Waals surface area contributed by atoms with Crippen molar-refractivity contribution in [1.82, 2.24) is 0 Å². The van der Waals surface area contributed by atoms with E-state index in [4.69, 9.17) is 17.3 Å². The fraction of sp³-hybridized carbons (Fsp3) is 0.273. The molecule has 0 spiro atoms. The van der Waals surface area contributed by atoms with Crippen molar-refractivity contribution in [2.24, 2.45) is 5.73 Å². The lowest BCUT2D eigenvalue weighted by Crippen LogP contribution is -2.38. The van der Waals surface area contributed by atoms with Crippen LogP contribution in [0.2, 0.25) is 5.02 Å². The van der Waals surface area contributed by atoms with E-state index in [1.165, 1.54) is 0 Å². The van der Waals surface area contributed by atoms with E-state index in [1.807, 2.05) is 36.3 Å². The summed E-state index contributed by atoms with van der Waals surface area (Å²) in [5.41, 5.74) is 10.4. The molecule has 0 fully saturated rings. The van der Waals surface area contributed by atoms with E-state index in [0.29, 0.717) is 28.4 Å². The Bertz CT molecular complexity index is 1110.